The first kappa shape index (κ1) is 10.5. The number of nitrogens with zero attached hydrogens (tertiary/aromatic N) is 1. The lowest BCUT2D eigenvalue weighted by molar-refractivity contribution is 0.409. The van der Waals surface area contributed by atoms with Crippen LogP contribution in [0.5, 0.6) is 5.75 Å². The van der Waals surface area contributed by atoms with Crippen molar-refractivity contribution in [3.8, 4) is 5.75 Å². The van der Waals surface area contributed by atoms with Gasteiger partial charge in [-0.05, 0) is 18.1 Å². The molecular formula is C12H14N2O2. The van der Waals surface area contributed by atoms with Crippen LogP contribution in [-0.2, 0) is 12.8 Å². The molecule has 0 aliphatic rings. The molecule has 0 unspecified atom stereocenters. The summed E-state index contributed by atoms with van der Waals surface area (Å²) in [6, 6.07) is 8.15. The van der Waals surface area contributed by atoms with E-state index in [0.717, 1.165) is 29.9 Å². The van der Waals surface area contributed by atoms with Crippen LogP contribution in [-0.4, -0.2) is 12.1 Å². The number of hydrogen-bond donors (Lipinski definition) is 1. The van der Waals surface area contributed by atoms with E-state index in [1.54, 1.807) is 13.3 Å². The predicted octanol–water partition coefficient (Wildman–Crippen LogP) is 2.05. The second-order valence-electron chi connectivity index (χ2n) is 3.48. The summed E-state index contributed by atoms with van der Waals surface area (Å²) >= 11 is 0. The second-order valence-corrected chi connectivity index (χ2v) is 3.48. The molecule has 0 amide bonds. The molecule has 0 spiro atoms. The van der Waals surface area contributed by atoms with Gasteiger partial charge in [0.2, 0.25) is 0 Å². The van der Waals surface area contributed by atoms with Gasteiger partial charge in [-0.3, -0.25) is 0 Å². The number of aromatic nitrogens is 1. The number of para-hydroxylation sites is 1. The molecule has 1 aromatic heterocycles. The Morgan fingerprint density at radius 2 is 2.12 bits per heavy atom. The number of ether oxygens (including phenoxy) is 1. The Bertz CT molecular complexity index is 466. The Kier molecular flexibility index (Phi) is 3.10. The first-order valence-electron chi connectivity index (χ1n) is 5.11. The van der Waals surface area contributed by atoms with Gasteiger partial charge in [-0.25, -0.2) is 4.98 Å². The van der Waals surface area contributed by atoms with Crippen molar-refractivity contribution in [2.45, 2.75) is 12.8 Å². The average molecular weight is 218 g/mol. The third-order valence-corrected chi connectivity index (χ3v) is 2.40. The zero-order valence-corrected chi connectivity index (χ0v) is 9.14. The second kappa shape index (κ2) is 4.70. The molecule has 2 rings (SSSR count). The van der Waals surface area contributed by atoms with E-state index >= 15 is 0 Å². The molecule has 0 saturated carbocycles. The summed E-state index contributed by atoms with van der Waals surface area (Å²) in [5.41, 5.74) is 6.55. The van der Waals surface area contributed by atoms with Gasteiger partial charge in [-0.2, -0.15) is 0 Å². The Balaban J connectivity index is 2.04. The Hall–Kier alpha value is -1.97. The molecule has 0 saturated heterocycles. The fourth-order valence-electron chi connectivity index (χ4n) is 1.61. The number of rotatable bonds is 4. The summed E-state index contributed by atoms with van der Waals surface area (Å²) in [7, 11) is 1.67. The van der Waals surface area contributed by atoms with Crippen LogP contribution in [0, 0.1) is 0 Å². The lowest BCUT2D eigenvalue weighted by Crippen LogP contribution is -1.94. The molecule has 0 fully saturated rings. The zero-order valence-electron chi connectivity index (χ0n) is 9.14. The van der Waals surface area contributed by atoms with E-state index < -0.39 is 0 Å². The van der Waals surface area contributed by atoms with Crippen molar-refractivity contribution in [1.82, 2.24) is 4.98 Å². The Labute approximate surface area is 94.1 Å². The van der Waals surface area contributed by atoms with Gasteiger partial charge in [0.15, 0.2) is 0 Å². The van der Waals surface area contributed by atoms with Gasteiger partial charge in [0.25, 0.3) is 6.01 Å². The minimum absolute atomic E-state index is 0.218. The van der Waals surface area contributed by atoms with Crippen molar-refractivity contribution in [3.63, 3.8) is 0 Å². The highest BCUT2D eigenvalue weighted by atomic mass is 16.5. The van der Waals surface area contributed by atoms with E-state index in [1.807, 2.05) is 24.3 Å². The van der Waals surface area contributed by atoms with Crippen LogP contribution in [0.1, 0.15) is 11.3 Å². The van der Waals surface area contributed by atoms with Gasteiger partial charge >= 0.3 is 0 Å². The quantitative estimate of drug-likeness (QED) is 0.853. The van der Waals surface area contributed by atoms with E-state index in [9.17, 15) is 0 Å². The minimum atomic E-state index is 0.218. The minimum Gasteiger partial charge on any atom is -0.496 e. The average Bonchev–Trinajstić information content (AvgIpc) is 2.73. The van der Waals surface area contributed by atoms with Crippen molar-refractivity contribution in [3.05, 3.63) is 41.8 Å². The fourth-order valence-corrected chi connectivity index (χ4v) is 1.61. The number of anilines is 1. The summed E-state index contributed by atoms with van der Waals surface area (Å²) in [6.07, 6.45) is 3.27. The summed E-state index contributed by atoms with van der Waals surface area (Å²) < 4.78 is 10.5. The highest BCUT2D eigenvalue weighted by molar-refractivity contribution is 5.33. The van der Waals surface area contributed by atoms with E-state index in [1.165, 1.54) is 0 Å². The largest absolute Gasteiger partial charge is 0.496 e. The molecule has 1 aromatic carbocycles. The van der Waals surface area contributed by atoms with Crippen molar-refractivity contribution in [2.24, 2.45) is 0 Å². The van der Waals surface area contributed by atoms with Gasteiger partial charge in [-0.15, -0.1) is 0 Å². The zero-order chi connectivity index (χ0) is 11.4. The van der Waals surface area contributed by atoms with E-state index in [2.05, 4.69) is 4.98 Å². The molecule has 0 aliphatic heterocycles. The normalized spacial score (nSPS) is 10.3. The number of aryl methyl sites for hydroxylation is 2. The van der Waals surface area contributed by atoms with Crippen molar-refractivity contribution in [2.75, 3.05) is 12.8 Å². The van der Waals surface area contributed by atoms with E-state index in [4.69, 9.17) is 14.9 Å². The van der Waals surface area contributed by atoms with Crippen LogP contribution in [0.15, 0.2) is 34.9 Å². The third kappa shape index (κ3) is 2.34. The maximum Gasteiger partial charge on any atom is 0.292 e. The molecule has 0 radical (unpaired) electrons. The van der Waals surface area contributed by atoms with Crippen molar-refractivity contribution < 1.29 is 9.15 Å². The monoisotopic (exact) mass is 218 g/mol. The Morgan fingerprint density at radius 1 is 1.31 bits per heavy atom. The number of hydrogen-bond acceptors (Lipinski definition) is 4. The Morgan fingerprint density at radius 3 is 2.81 bits per heavy atom. The van der Waals surface area contributed by atoms with Crippen LogP contribution >= 0.6 is 0 Å². The summed E-state index contributed by atoms with van der Waals surface area (Å²) in [5.74, 6) is 1.69. The highest BCUT2D eigenvalue weighted by Crippen LogP contribution is 2.19. The van der Waals surface area contributed by atoms with Crippen molar-refractivity contribution >= 4 is 6.01 Å². The predicted molar refractivity (Wildman–Crippen MR) is 61.3 cm³/mol. The molecule has 2 N–H and O–H groups in total. The van der Waals surface area contributed by atoms with Gasteiger partial charge in [0.1, 0.15) is 11.5 Å². The summed E-state index contributed by atoms with van der Waals surface area (Å²) in [5, 5.41) is 0. The molecule has 84 valence electrons. The number of benzene rings is 1. The smallest absolute Gasteiger partial charge is 0.292 e. The molecule has 0 bridgehead atoms. The van der Waals surface area contributed by atoms with Crippen LogP contribution < -0.4 is 10.5 Å². The molecule has 0 atom stereocenters. The lowest BCUT2D eigenvalue weighted by Gasteiger charge is -2.06. The molecule has 4 heteroatoms. The number of oxazole rings is 1. The molecular weight excluding hydrogens is 204 g/mol. The maximum absolute atomic E-state index is 5.40. The van der Waals surface area contributed by atoms with E-state index in [-0.39, 0.29) is 6.01 Å². The van der Waals surface area contributed by atoms with Crippen LogP contribution in [0.3, 0.4) is 0 Å². The fraction of sp³-hybridized carbons (Fsp3) is 0.250. The standard InChI is InChI=1S/C12H14N2O2/c1-15-11-5-3-2-4-9(11)6-7-10-8-14-12(13)16-10/h2-5,8H,6-7H2,1H3,(H2,13,14). The number of nitrogen functional groups attached to an aromatic ring is 1. The lowest BCUT2D eigenvalue weighted by atomic mass is 10.1. The topological polar surface area (TPSA) is 61.3 Å². The van der Waals surface area contributed by atoms with Gasteiger partial charge < -0.3 is 14.9 Å². The molecule has 1 heterocycles. The van der Waals surface area contributed by atoms with Gasteiger partial charge in [0.05, 0.1) is 13.3 Å². The molecule has 0 aliphatic carbocycles. The highest BCUT2D eigenvalue weighted by Gasteiger charge is 2.04. The summed E-state index contributed by atoms with van der Waals surface area (Å²) in [6.45, 7) is 0. The SMILES string of the molecule is COc1ccccc1CCc1cnc(N)o1. The van der Waals surface area contributed by atoms with Crippen LogP contribution in [0.4, 0.5) is 6.01 Å². The first-order chi connectivity index (χ1) is 7.79. The van der Waals surface area contributed by atoms with Gasteiger partial charge in [0, 0.05) is 6.42 Å². The maximum atomic E-state index is 5.40. The summed E-state index contributed by atoms with van der Waals surface area (Å²) in [4.78, 5) is 3.85. The van der Waals surface area contributed by atoms with E-state index in [0.29, 0.717) is 0 Å². The molecule has 4 nitrogen and oxygen atoms in total. The van der Waals surface area contributed by atoms with Crippen molar-refractivity contribution in [1.29, 1.82) is 0 Å². The molecule has 16 heavy (non-hydrogen) atoms. The number of methoxy groups -OCH3 is 1. The van der Waals surface area contributed by atoms with Crippen LogP contribution in [0.2, 0.25) is 0 Å². The van der Waals surface area contributed by atoms with Gasteiger partial charge in [-0.1, -0.05) is 18.2 Å². The molecule has 2 aromatic rings. The van der Waals surface area contributed by atoms with Crippen LogP contribution in [0.25, 0.3) is 0 Å². The first-order valence-corrected chi connectivity index (χ1v) is 5.11. The third-order valence-electron chi connectivity index (χ3n) is 2.40. The number of nitrogens with two attached hydrogens (primary N) is 1.